The Kier molecular flexibility index (Phi) is 5.13. The average Bonchev–Trinajstić information content (AvgIpc) is 2.59. The lowest BCUT2D eigenvalue weighted by Gasteiger charge is -2.37. The fraction of sp³-hybridized carbons (Fsp3) is 0.350. The molecule has 3 nitrogen and oxygen atoms in total. The Morgan fingerprint density at radius 2 is 1.58 bits per heavy atom. The number of hydrogen-bond donors (Lipinski definition) is 0. The zero-order valence-electron chi connectivity index (χ0n) is 14.5. The van der Waals surface area contributed by atoms with Gasteiger partial charge in [0.1, 0.15) is 0 Å². The highest BCUT2D eigenvalue weighted by Crippen LogP contribution is 2.23. The van der Waals surface area contributed by atoms with Gasteiger partial charge in [0.05, 0.1) is 0 Å². The third kappa shape index (κ3) is 3.58. The molecule has 126 valence electrons. The second-order valence-electron chi connectivity index (χ2n) is 6.53. The first-order chi connectivity index (χ1) is 11.5. The maximum absolute atomic E-state index is 12.7. The smallest absolute Gasteiger partial charge is 0.254 e. The Bertz CT molecular complexity index is 764. The minimum atomic E-state index is 0.147. The van der Waals surface area contributed by atoms with E-state index in [1.807, 2.05) is 23.1 Å². The minimum Gasteiger partial charge on any atom is -0.368 e. The molecule has 1 amide bonds. The lowest BCUT2D eigenvalue weighted by Crippen LogP contribution is -2.49. The van der Waals surface area contributed by atoms with E-state index in [-0.39, 0.29) is 5.91 Å². The van der Waals surface area contributed by atoms with E-state index in [1.54, 1.807) is 0 Å². The van der Waals surface area contributed by atoms with Crippen molar-refractivity contribution in [1.29, 1.82) is 0 Å². The van der Waals surface area contributed by atoms with Crippen molar-refractivity contribution < 1.29 is 4.79 Å². The van der Waals surface area contributed by atoms with Crippen LogP contribution in [-0.4, -0.2) is 37.0 Å². The van der Waals surface area contributed by atoms with Crippen LogP contribution < -0.4 is 4.90 Å². The number of halogens is 1. The predicted octanol–water partition coefficient (Wildman–Crippen LogP) is 4.18. The second kappa shape index (κ2) is 7.13. The molecular formula is C20H23IN2O. The van der Waals surface area contributed by atoms with Crippen molar-refractivity contribution in [2.45, 2.75) is 20.8 Å². The Labute approximate surface area is 157 Å². The van der Waals surface area contributed by atoms with E-state index in [9.17, 15) is 4.79 Å². The van der Waals surface area contributed by atoms with Crippen LogP contribution in [0.3, 0.4) is 0 Å². The highest BCUT2D eigenvalue weighted by Gasteiger charge is 2.23. The van der Waals surface area contributed by atoms with Crippen LogP contribution in [0.4, 0.5) is 5.69 Å². The number of carbonyl (C=O) groups excluding carboxylic acids is 1. The molecule has 1 saturated heterocycles. The first-order valence-corrected chi connectivity index (χ1v) is 9.41. The van der Waals surface area contributed by atoms with Gasteiger partial charge in [-0.1, -0.05) is 18.2 Å². The van der Waals surface area contributed by atoms with Gasteiger partial charge in [0, 0.05) is 41.0 Å². The molecule has 0 aromatic heterocycles. The molecule has 24 heavy (non-hydrogen) atoms. The van der Waals surface area contributed by atoms with Crippen molar-refractivity contribution in [2.75, 3.05) is 31.1 Å². The van der Waals surface area contributed by atoms with E-state index in [0.717, 1.165) is 35.3 Å². The number of hydrogen-bond acceptors (Lipinski definition) is 2. The summed E-state index contributed by atoms with van der Waals surface area (Å²) in [7, 11) is 0. The Hall–Kier alpha value is -1.56. The molecule has 0 unspecified atom stereocenters. The molecule has 2 aromatic carbocycles. The summed E-state index contributed by atoms with van der Waals surface area (Å²) in [6.07, 6.45) is 0. The van der Waals surface area contributed by atoms with Crippen molar-refractivity contribution in [3.63, 3.8) is 0 Å². The van der Waals surface area contributed by atoms with Gasteiger partial charge in [-0.25, -0.2) is 0 Å². The largest absolute Gasteiger partial charge is 0.368 e. The quantitative estimate of drug-likeness (QED) is 0.663. The summed E-state index contributed by atoms with van der Waals surface area (Å²) in [6.45, 7) is 9.67. The fourth-order valence-corrected chi connectivity index (χ4v) is 3.63. The van der Waals surface area contributed by atoms with Gasteiger partial charge in [-0.15, -0.1) is 0 Å². The number of nitrogens with zero attached hydrogens (tertiary/aromatic N) is 2. The van der Waals surface area contributed by atoms with Crippen LogP contribution in [-0.2, 0) is 0 Å². The first-order valence-electron chi connectivity index (χ1n) is 8.33. The van der Waals surface area contributed by atoms with E-state index < -0.39 is 0 Å². The van der Waals surface area contributed by atoms with Crippen LogP contribution in [0.5, 0.6) is 0 Å². The minimum absolute atomic E-state index is 0.147. The molecular weight excluding hydrogens is 411 g/mol. The molecule has 4 heteroatoms. The fourth-order valence-electron chi connectivity index (χ4n) is 3.12. The van der Waals surface area contributed by atoms with Gasteiger partial charge < -0.3 is 9.80 Å². The number of amides is 1. The zero-order chi connectivity index (χ0) is 17.3. The molecule has 0 spiro atoms. The molecule has 0 saturated carbocycles. The van der Waals surface area contributed by atoms with Gasteiger partial charge in [0.2, 0.25) is 0 Å². The maximum Gasteiger partial charge on any atom is 0.254 e. The van der Waals surface area contributed by atoms with Crippen LogP contribution in [0.15, 0.2) is 36.4 Å². The summed E-state index contributed by atoms with van der Waals surface area (Å²) < 4.78 is 1.15. The van der Waals surface area contributed by atoms with Crippen molar-refractivity contribution in [3.05, 3.63) is 62.2 Å². The monoisotopic (exact) mass is 434 g/mol. The molecule has 3 rings (SSSR count). The predicted molar refractivity (Wildman–Crippen MR) is 108 cm³/mol. The Balaban J connectivity index is 1.69. The molecule has 1 fully saturated rings. The summed E-state index contributed by atoms with van der Waals surface area (Å²) in [5.74, 6) is 0.147. The van der Waals surface area contributed by atoms with Crippen molar-refractivity contribution in [3.8, 4) is 0 Å². The molecule has 0 aliphatic carbocycles. The number of aryl methyl sites for hydroxylation is 3. The highest BCUT2D eigenvalue weighted by molar-refractivity contribution is 14.1. The Morgan fingerprint density at radius 1 is 0.917 bits per heavy atom. The van der Waals surface area contributed by atoms with Crippen LogP contribution in [0.2, 0.25) is 0 Å². The molecule has 0 radical (unpaired) electrons. The lowest BCUT2D eigenvalue weighted by molar-refractivity contribution is 0.0746. The average molecular weight is 434 g/mol. The SMILES string of the molecule is Cc1ccc(C)c(N2CCN(C(=O)c3ccc(C)c(I)c3)CC2)c1. The van der Waals surface area contributed by atoms with Gasteiger partial charge in [-0.3, -0.25) is 4.79 Å². The van der Waals surface area contributed by atoms with Crippen molar-refractivity contribution in [2.24, 2.45) is 0 Å². The molecule has 0 bridgehead atoms. The summed E-state index contributed by atoms with van der Waals surface area (Å²) in [5, 5.41) is 0. The number of anilines is 1. The third-order valence-electron chi connectivity index (χ3n) is 4.69. The van der Waals surface area contributed by atoms with E-state index in [4.69, 9.17) is 0 Å². The molecule has 0 N–H and O–H groups in total. The number of carbonyl (C=O) groups is 1. The second-order valence-corrected chi connectivity index (χ2v) is 7.70. The van der Waals surface area contributed by atoms with Gasteiger partial charge >= 0.3 is 0 Å². The van der Waals surface area contributed by atoms with E-state index in [2.05, 4.69) is 66.5 Å². The molecule has 1 aliphatic rings. The van der Waals surface area contributed by atoms with Gasteiger partial charge in [0.25, 0.3) is 5.91 Å². The molecule has 1 heterocycles. The van der Waals surface area contributed by atoms with Gasteiger partial charge in [-0.05, 0) is 78.3 Å². The topological polar surface area (TPSA) is 23.6 Å². The normalized spacial score (nSPS) is 14.8. The van der Waals surface area contributed by atoms with E-state index >= 15 is 0 Å². The van der Waals surface area contributed by atoms with Crippen LogP contribution >= 0.6 is 22.6 Å². The highest BCUT2D eigenvalue weighted by atomic mass is 127. The summed E-state index contributed by atoms with van der Waals surface area (Å²) in [6, 6.07) is 12.5. The van der Waals surface area contributed by atoms with Crippen LogP contribution in [0.1, 0.15) is 27.0 Å². The van der Waals surface area contributed by atoms with Crippen LogP contribution in [0, 0.1) is 24.3 Å². The molecule has 0 atom stereocenters. The van der Waals surface area contributed by atoms with Crippen LogP contribution in [0.25, 0.3) is 0 Å². The number of benzene rings is 2. The number of rotatable bonds is 2. The standard InChI is InChI=1S/C20H23IN2O/c1-14-4-5-16(3)19(12-14)22-8-10-23(11-9-22)20(24)17-7-6-15(2)18(21)13-17/h4-7,12-13H,8-11H2,1-3H3. The number of piperazine rings is 1. The summed E-state index contributed by atoms with van der Waals surface area (Å²) in [4.78, 5) is 17.1. The lowest BCUT2D eigenvalue weighted by atomic mass is 10.1. The summed E-state index contributed by atoms with van der Waals surface area (Å²) in [5.41, 5.74) is 5.89. The van der Waals surface area contributed by atoms with Gasteiger partial charge in [-0.2, -0.15) is 0 Å². The van der Waals surface area contributed by atoms with E-state index in [1.165, 1.54) is 22.4 Å². The Morgan fingerprint density at radius 3 is 2.25 bits per heavy atom. The van der Waals surface area contributed by atoms with Gasteiger partial charge in [0.15, 0.2) is 0 Å². The first kappa shape index (κ1) is 17.3. The van der Waals surface area contributed by atoms with Crippen molar-refractivity contribution >= 4 is 34.2 Å². The van der Waals surface area contributed by atoms with Crippen molar-refractivity contribution in [1.82, 2.24) is 4.90 Å². The maximum atomic E-state index is 12.7. The summed E-state index contributed by atoms with van der Waals surface area (Å²) >= 11 is 2.29. The third-order valence-corrected chi connectivity index (χ3v) is 5.85. The molecule has 2 aromatic rings. The molecule has 1 aliphatic heterocycles. The van der Waals surface area contributed by atoms with E-state index in [0.29, 0.717) is 0 Å². The zero-order valence-corrected chi connectivity index (χ0v) is 16.6.